The fourth-order valence-corrected chi connectivity index (χ4v) is 10.4. The normalized spacial score (nSPS) is 15.8. The number of benzene rings is 5. The molecule has 0 saturated heterocycles. The Labute approximate surface area is 267 Å². The highest BCUT2D eigenvalue weighted by atomic mass is 31.2. The van der Waals surface area contributed by atoms with Gasteiger partial charge < -0.3 is 14.4 Å². The minimum absolute atomic E-state index is 0.129. The SMILES string of the molecule is CC(C)(C)c1cc2c3c(c1)Oc1cc(C(C)(C)C)cc4c1[P+]3(O)c1c(cc(C(C)(C)C)cc1N4c1ccc3ccccc3c1)O2. The van der Waals surface area contributed by atoms with Crippen LogP contribution in [-0.2, 0) is 16.2 Å². The average Bonchev–Trinajstić information content (AvgIpc) is 2.94. The highest BCUT2D eigenvalue weighted by molar-refractivity contribution is 7.92. The van der Waals surface area contributed by atoms with Crippen LogP contribution in [0.2, 0.25) is 0 Å². The Morgan fingerprint density at radius 2 is 0.933 bits per heavy atom. The van der Waals surface area contributed by atoms with E-state index in [2.05, 4.69) is 146 Å². The molecule has 0 saturated carbocycles. The van der Waals surface area contributed by atoms with Crippen LogP contribution in [0.15, 0.2) is 78.9 Å². The second-order valence-corrected chi connectivity index (χ2v) is 18.6. The Hall–Kier alpha value is -3.85. The molecule has 0 atom stereocenters. The molecular formula is C40H41NO3P+. The molecule has 0 amide bonds. The van der Waals surface area contributed by atoms with Gasteiger partial charge in [-0.25, -0.2) is 4.89 Å². The van der Waals surface area contributed by atoms with Gasteiger partial charge in [-0.15, -0.1) is 0 Å². The van der Waals surface area contributed by atoms with Crippen LogP contribution in [-0.4, -0.2) is 4.89 Å². The molecule has 0 fully saturated rings. The van der Waals surface area contributed by atoms with Crippen LogP contribution >= 0.6 is 7.49 Å². The maximum Gasteiger partial charge on any atom is 0.258 e. The highest BCUT2D eigenvalue weighted by Crippen LogP contribution is 2.70. The second-order valence-electron chi connectivity index (χ2n) is 16.0. The fraction of sp³-hybridized carbons (Fsp3) is 0.300. The predicted octanol–water partition coefficient (Wildman–Crippen LogP) is 9.93. The molecule has 1 N–H and O–H groups in total. The fourth-order valence-electron chi connectivity index (χ4n) is 6.99. The number of hydrogen-bond acceptors (Lipinski definition) is 4. The van der Waals surface area contributed by atoms with Crippen LogP contribution in [0.4, 0.5) is 17.1 Å². The molecule has 0 radical (unpaired) electrons. The van der Waals surface area contributed by atoms with Crippen molar-refractivity contribution in [2.45, 2.75) is 78.6 Å². The Kier molecular flexibility index (Phi) is 5.66. The molecule has 0 aromatic heterocycles. The first-order valence-corrected chi connectivity index (χ1v) is 17.6. The number of ether oxygens (including phenoxy) is 2. The summed E-state index contributed by atoms with van der Waals surface area (Å²) in [7, 11) is -3.15. The number of fused-ring (bicyclic) bond motifs is 1. The largest absolute Gasteiger partial charge is 0.449 e. The summed E-state index contributed by atoms with van der Waals surface area (Å²) in [6, 6.07) is 28.2. The lowest BCUT2D eigenvalue weighted by molar-refractivity contribution is 0.450. The van der Waals surface area contributed by atoms with Crippen LogP contribution in [0.5, 0.6) is 23.0 Å². The van der Waals surface area contributed by atoms with Gasteiger partial charge in [0, 0.05) is 5.69 Å². The molecule has 5 aromatic rings. The molecule has 5 aromatic carbocycles. The van der Waals surface area contributed by atoms with Crippen molar-refractivity contribution >= 4 is 51.2 Å². The Morgan fingerprint density at radius 3 is 1.40 bits per heavy atom. The third-order valence-corrected chi connectivity index (χ3v) is 12.9. The zero-order valence-electron chi connectivity index (χ0n) is 27.7. The van der Waals surface area contributed by atoms with Gasteiger partial charge in [-0.1, -0.05) is 92.6 Å². The first-order valence-electron chi connectivity index (χ1n) is 15.9. The van der Waals surface area contributed by atoms with Gasteiger partial charge in [0.2, 0.25) is 15.9 Å². The van der Waals surface area contributed by atoms with Crippen molar-refractivity contribution in [2.75, 3.05) is 4.90 Å². The molecule has 0 spiro atoms. The molecule has 8 rings (SSSR count). The molecule has 0 aliphatic carbocycles. The van der Waals surface area contributed by atoms with Crippen LogP contribution in [0.1, 0.15) is 79.0 Å². The molecule has 3 aliphatic heterocycles. The zero-order valence-corrected chi connectivity index (χ0v) is 28.6. The van der Waals surface area contributed by atoms with E-state index in [4.69, 9.17) is 9.47 Å². The van der Waals surface area contributed by atoms with Crippen LogP contribution in [0.3, 0.4) is 0 Å². The molecule has 45 heavy (non-hydrogen) atoms. The maximum atomic E-state index is 13.5. The van der Waals surface area contributed by atoms with Crippen molar-refractivity contribution < 1.29 is 14.4 Å². The van der Waals surface area contributed by atoms with Crippen molar-refractivity contribution in [1.82, 2.24) is 0 Å². The van der Waals surface area contributed by atoms with E-state index in [0.717, 1.165) is 61.2 Å². The van der Waals surface area contributed by atoms with E-state index in [1.165, 1.54) is 10.8 Å². The smallest absolute Gasteiger partial charge is 0.258 e. The Morgan fingerprint density at radius 1 is 0.511 bits per heavy atom. The van der Waals surface area contributed by atoms with E-state index in [1.807, 2.05) is 0 Å². The van der Waals surface area contributed by atoms with Crippen LogP contribution in [0.25, 0.3) is 10.8 Å². The number of nitrogens with zero attached hydrogens (tertiary/aromatic N) is 1. The molecule has 0 unspecified atom stereocenters. The molecule has 228 valence electrons. The Bertz CT molecular complexity index is 1990. The summed E-state index contributed by atoms with van der Waals surface area (Å²) >= 11 is 0. The van der Waals surface area contributed by atoms with E-state index in [-0.39, 0.29) is 16.2 Å². The molecule has 3 aliphatic rings. The highest BCUT2D eigenvalue weighted by Gasteiger charge is 2.64. The molecule has 3 heterocycles. The van der Waals surface area contributed by atoms with Gasteiger partial charge in [-0.3, -0.25) is 0 Å². The molecular weight excluding hydrogens is 573 g/mol. The third-order valence-electron chi connectivity index (χ3n) is 9.63. The van der Waals surface area contributed by atoms with Crippen molar-refractivity contribution in [3.8, 4) is 23.0 Å². The summed E-state index contributed by atoms with van der Waals surface area (Å²) in [4.78, 5) is 15.9. The van der Waals surface area contributed by atoms with Crippen molar-refractivity contribution in [1.29, 1.82) is 0 Å². The topological polar surface area (TPSA) is 41.9 Å². The van der Waals surface area contributed by atoms with Gasteiger partial charge in [0.25, 0.3) is 7.49 Å². The lowest BCUT2D eigenvalue weighted by Crippen LogP contribution is -2.46. The minimum atomic E-state index is -3.15. The third kappa shape index (κ3) is 4.05. The van der Waals surface area contributed by atoms with Gasteiger partial charge in [0.05, 0.1) is 11.4 Å². The molecule has 0 bridgehead atoms. The predicted molar refractivity (Wildman–Crippen MR) is 189 cm³/mol. The molecule has 4 nitrogen and oxygen atoms in total. The van der Waals surface area contributed by atoms with Gasteiger partial charge in [-0.05, 0) is 92.2 Å². The van der Waals surface area contributed by atoms with E-state index >= 15 is 0 Å². The molecule has 5 heteroatoms. The van der Waals surface area contributed by atoms with Crippen molar-refractivity contribution in [3.05, 3.63) is 95.6 Å². The quantitative estimate of drug-likeness (QED) is 0.187. The van der Waals surface area contributed by atoms with Gasteiger partial charge in [-0.2, -0.15) is 0 Å². The van der Waals surface area contributed by atoms with E-state index in [1.54, 1.807) is 0 Å². The minimum Gasteiger partial charge on any atom is -0.449 e. The first-order chi connectivity index (χ1) is 21.0. The van der Waals surface area contributed by atoms with Crippen LogP contribution < -0.4 is 30.3 Å². The van der Waals surface area contributed by atoms with Crippen LogP contribution in [0, 0.1) is 0 Å². The lowest BCUT2D eigenvalue weighted by atomic mass is 9.85. The average molecular weight is 615 g/mol. The summed E-state index contributed by atoms with van der Waals surface area (Å²) < 4.78 is 13.8. The summed E-state index contributed by atoms with van der Waals surface area (Å²) in [6.45, 7) is 20.0. The number of rotatable bonds is 1. The van der Waals surface area contributed by atoms with E-state index < -0.39 is 7.49 Å². The van der Waals surface area contributed by atoms with Gasteiger partial charge in [0.1, 0.15) is 0 Å². The standard InChI is InChI=1S/C40H41NO3P/c1-38(2,3)25-17-29-35-31(19-25)43-33-21-27(40(7,8)9)22-34-37(33)45(35,42)36-30(18-26(39(4,5)6)20-32(36)44-34)41(29)28-15-14-23-12-10-11-13-24(23)16-28/h10-22,42H,1-9H3/q+1. The van der Waals surface area contributed by atoms with Gasteiger partial charge in [0.15, 0.2) is 23.0 Å². The number of hydrogen-bond donors (Lipinski definition) is 1. The summed E-state index contributed by atoms with van der Waals surface area (Å²) in [5, 5.41) is 4.91. The summed E-state index contributed by atoms with van der Waals surface area (Å²) in [5.74, 6) is 2.88. The van der Waals surface area contributed by atoms with E-state index in [9.17, 15) is 4.89 Å². The summed E-state index contributed by atoms with van der Waals surface area (Å²) in [5.41, 5.74) is 6.02. The second kappa shape index (κ2) is 8.90. The monoisotopic (exact) mass is 614 g/mol. The van der Waals surface area contributed by atoms with E-state index in [0.29, 0.717) is 11.5 Å². The summed E-state index contributed by atoms with van der Waals surface area (Å²) in [6.07, 6.45) is 0. The number of anilines is 3. The lowest BCUT2D eigenvalue weighted by Gasteiger charge is -2.43. The maximum absolute atomic E-state index is 13.5. The van der Waals surface area contributed by atoms with Crippen molar-refractivity contribution in [2.24, 2.45) is 0 Å². The van der Waals surface area contributed by atoms with Crippen molar-refractivity contribution in [3.63, 3.8) is 0 Å². The zero-order chi connectivity index (χ0) is 31.8. The first kappa shape index (κ1) is 28.6. The Balaban J connectivity index is 1.53. The van der Waals surface area contributed by atoms with Gasteiger partial charge >= 0.3 is 0 Å².